The van der Waals surface area contributed by atoms with Crippen LogP contribution in [-0.4, -0.2) is 19.7 Å². The van der Waals surface area contributed by atoms with Crippen LogP contribution in [0.5, 0.6) is 0 Å². The summed E-state index contributed by atoms with van der Waals surface area (Å²) >= 11 is 0. The smallest absolute Gasteiger partial charge is 0.175 e. The Morgan fingerprint density at radius 2 is 1.83 bits per heavy atom. The molecule has 0 amide bonds. The number of benzene rings is 1. The Bertz CT molecular complexity index is 703. The van der Waals surface area contributed by atoms with Crippen LogP contribution in [0, 0.1) is 0 Å². The van der Waals surface area contributed by atoms with Gasteiger partial charge in [0.25, 0.3) is 0 Å². The van der Waals surface area contributed by atoms with Gasteiger partial charge in [-0.25, -0.2) is 9.97 Å². The molecule has 2 heterocycles. The van der Waals surface area contributed by atoms with Gasteiger partial charge in [0.1, 0.15) is 0 Å². The molecule has 0 radical (unpaired) electrons. The Labute approximate surface area is 103 Å². The highest BCUT2D eigenvalue weighted by atomic mass is 15.3. The quantitative estimate of drug-likeness (QED) is 0.712. The van der Waals surface area contributed by atoms with Crippen LogP contribution in [0.25, 0.3) is 11.0 Å². The summed E-state index contributed by atoms with van der Waals surface area (Å²) in [5, 5.41) is 7.26. The molecule has 0 atom stereocenters. The summed E-state index contributed by atoms with van der Waals surface area (Å²) in [4.78, 5) is 8.73. The maximum absolute atomic E-state index is 5.87. The van der Waals surface area contributed by atoms with Gasteiger partial charge in [-0.2, -0.15) is 5.10 Å². The molecule has 6 nitrogen and oxygen atoms in total. The molecule has 2 aromatic heterocycles. The van der Waals surface area contributed by atoms with Crippen LogP contribution in [0.15, 0.2) is 36.5 Å². The molecule has 6 heteroatoms. The number of aryl methyl sites for hydroxylation is 1. The predicted octanol–water partition coefficient (Wildman–Crippen LogP) is 1.69. The van der Waals surface area contributed by atoms with Crippen LogP contribution in [-0.2, 0) is 7.05 Å². The topological polar surface area (TPSA) is 81.7 Å². The highest BCUT2D eigenvalue weighted by molar-refractivity contribution is 5.80. The Balaban J connectivity index is 2.03. The molecule has 0 aliphatic rings. The zero-order valence-electron chi connectivity index (χ0n) is 9.83. The van der Waals surface area contributed by atoms with Crippen molar-refractivity contribution in [1.82, 2.24) is 19.7 Å². The van der Waals surface area contributed by atoms with Gasteiger partial charge in [0, 0.05) is 19.3 Å². The second-order valence-corrected chi connectivity index (χ2v) is 3.95. The highest BCUT2D eigenvalue weighted by Crippen LogP contribution is 2.21. The molecule has 0 saturated heterocycles. The first-order valence-electron chi connectivity index (χ1n) is 5.51. The zero-order valence-corrected chi connectivity index (χ0v) is 9.83. The van der Waals surface area contributed by atoms with Crippen LogP contribution in [0.3, 0.4) is 0 Å². The molecule has 0 aliphatic carbocycles. The first-order valence-corrected chi connectivity index (χ1v) is 5.51. The lowest BCUT2D eigenvalue weighted by molar-refractivity contribution is 0.771. The number of rotatable bonds is 2. The Kier molecular flexibility index (Phi) is 2.33. The maximum atomic E-state index is 5.87. The summed E-state index contributed by atoms with van der Waals surface area (Å²) in [6.45, 7) is 0. The number of nitrogens with zero attached hydrogens (tertiary/aromatic N) is 4. The lowest BCUT2D eigenvalue weighted by Gasteiger charge is -2.06. The fourth-order valence-electron chi connectivity index (χ4n) is 1.71. The SMILES string of the molecule is Cn1ccc(Nc2nc3ccccc3nc2N)n1. The summed E-state index contributed by atoms with van der Waals surface area (Å²) in [5.74, 6) is 1.57. The first-order chi connectivity index (χ1) is 8.72. The van der Waals surface area contributed by atoms with Crippen molar-refractivity contribution in [2.24, 2.45) is 7.05 Å². The van der Waals surface area contributed by atoms with Gasteiger partial charge in [0.15, 0.2) is 17.5 Å². The molecule has 0 fully saturated rings. The van der Waals surface area contributed by atoms with Gasteiger partial charge in [-0.3, -0.25) is 4.68 Å². The number of nitrogens with two attached hydrogens (primary N) is 1. The molecular weight excluding hydrogens is 228 g/mol. The van der Waals surface area contributed by atoms with Crippen molar-refractivity contribution in [2.75, 3.05) is 11.1 Å². The van der Waals surface area contributed by atoms with Crippen LogP contribution < -0.4 is 11.1 Å². The summed E-state index contributed by atoms with van der Waals surface area (Å²) in [6.07, 6.45) is 1.84. The van der Waals surface area contributed by atoms with E-state index in [4.69, 9.17) is 5.73 Å². The minimum Gasteiger partial charge on any atom is -0.381 e. The third kappa shape index (κ3) is 1.84. The fourth-order valence-corrected chi connectivity index (χ4v) is 1.71. The Morgan fingerprint density at radius 3 is 2.50 bits per heavy atom. The van der Waals surface area contributed by atoms with Crippen molar-refractivity contribution in [3.8, 4) is 0 Å². The van der Waals surface area contributed by atoms with E-state index in [2.05, 4.69) is 20.4 Å². The fraction of sp³-hybridized carbons (Fsp3) is 0.0833. The predicted molar refractivity (Wildman–Crippen MR) is 70.4 cm³/mol. The van der Waals surface area contributed by atoms with E-state index in [9.17, 15) is 0 Å². The normalized spacial score (nSPS) is 10.7. The van der Waals surface area contributed by atoms with E-state index in [0.29, 0.717) is 17.5 Å². The monoisotopic (exact) mass is 240 g/mol. The van der Waals surface area contributed by atoms with E-state index in [1.807, 2.05) is 43.6 Å². The number of nitrogen functional groups attached to an aromatic ring is 1. The number of aromatic nitrogens is 4. The number of fused-ring (bicyclic) bond motifs is 1. The average molecular weight is 240 g/mol. The molecule has 3 aromatic rings. The summed E-state index contributed by atoms with van der Waals surface area (Å²) in [6, 6.07) is 9.44. The van der Waals surface area contributed by atoms with Crippen molar-refractivity contribution < 1.29 is 0 Å². The van der Waals surface area contributed by atoms with Gasteiger partial charge in [-0.15, -0.1) is 0 Å². The second-order valence-electron chi connectivity index (χ2n) is 3.95. The zero-order chi connectivity index (χ0) is 12.5. The molecule has 0 unspecified atom stereocenters. The standard InChI is InChI=1S/C12H12N6/c1-18-7-6-10(17-18)16-12-11(13)14-8-4-2-3-5-9(8)15-12/h2-7H,1H3,(H2,13,14)(H,15,16,17). The molecule has 3 N–H and O–H groups in total. The van der Waals surface area contributed by atoms with Crippen LogP contribution in [0.4, 0.5) is 17.5 Å². The van der Waals surface area contributed by atoms with Gasteiger partial charge in [0.05, 0.1) is 11.0 Å². The summed E-state index contributed by atoms with van der Waals surface area (Å²) in [5.41, 5.74) is 7.45. The maximum Gasteiger partial charge on any atom is 0.175 e. The molecular formula is C12H12N6. The number of hydrogen-bond acceptors (Lipinski definition) is 5. The second kappa shape index (κ2) is 3.99. The Hall–Kier alpha value is -2.63. The van der Waals surface area contributed by atoms with E-state index in [1.54, 1.807) is 4.68 Å². The molecule has 18 heavy (non-hydrogen) atoms. The largest absolute Gasteiger partial charge is 0.381 e. The summed E-state index contributed by atoms with van der Waals surface area (Å²) < 4.78 is 1.70. The average Bonchev–Trinajstić information content (AvgIpc) is 2.76. The van der Waals surface area contributed by atoms with Gasteiger partial charge < -0.3 is 11.1 Å². The molecule has 1 aromatic carbocycles. The number of anilines is 3. The van der Waals surface area contributed by atoms with E-state index < -0.39 is 0 Å². The van der Waals surface area contributed by atoms with Crippen LogP contribution >= 0.6 is 0 Å². The van der Waals surface area contributed by atoms with Gasteiger partial charge in [-0.05, 0) is 12.1 Å². The molecule has 3 rings (SSSR count). The molecule has 0 aliphatic heterocycles. The van der Waals surface area contributed by atoms with Crippen LogP contribution in [0.2, 0.25) is 0 Å². The number of para-hydroxylation sites is 2. The van der Waals surface area contributed by atoms with E-state index in [-0.39, 0.29) is 0 Å². The van der Waals surface area contributed by atoms with E-state index in [0.717, 1.165) is 11.0 Å². The molecule has 0 saturated carbocycles. The molecule has 0 bridgehead atoms. The highest BCUT2D eigenvalue weighted by Gasteiger charge is 2.07. The Morgan fingerprint density at radius 1 is 1.11 bits per heavy atom. The molecule has 90 valence electrons. The molecule has 0 spiro atoms. The van der Waals surface area contributed by atoms with E-state index >= 15 is 0 Å². The minimum atomic E-state index is 0.361. The minimum absolute atomic E-state index is 0.361. The third-order valence-corrected chi connectivity index (χ3v) is 2.56. The van der Waals surface area contributed by atoms with Gasteiger partial charge in [0.2, 0.25) is 0 Å². The first kappa shape index (κ1) is 10.5. The van der Waals surface area contributed by atoms with Crippen molar-refractivity contribution in [1.29, 1.82) is 0 Å². The van der Waals surface area contributed by atoms with Gasteiger partial charge >= 0.3 is 0 Å². The van der Waals surface area contributed by atoms with Crippen molar-refractivity contribution in [3.63, 3.8) is 0 Å². The number of nitrogens with one attached hydrogen (secondary N) is 1. The van der Waals surface area contributed by atoms with E-state index in [1.165, 1.54) is 0 Å². The third-order valence-electron chi connectivity index (χ3n) is 2.56. The van der Waals surface area contributed by atoms with Gasteiger partial charge in [-0.1, -0.05) is 12.1 Å². The summed E-state index contributed by atoms with van der Waals surface area (Å²) in [7, 11) is 1.85. The van der Waals surface area contributed by atoms with Crippen molar-refractivity contribution in [3.05, 3.63) is 36.5 Å². The van der Waals surface area contributed by atoms with Crippen molar-refractivity contribution >= 4 is 28.5 Å². The van der Waals surface area contributed by atoms with Crippen LogP contribution in [0.1, 0.15) is 0 Å². The lowest BCUT2D eigenvalue weighted by Crippen LogP contribution is -2.03. The number of hydrogen-bond donors (Lipinski definition) is 2. The lowest BCUT2D eigenvalue weighted by atomic mass is 10.3. The van der Waals surface area contributed by atoms with Crippen molar-refractivity contribution in [2.45, 2.75) is 0 Å².